The van der Waals surface area contributed by atoms with Crippen LogP contribution in [0.25, 0.3) is 0 Å². The highest BCUT2D eigenvalue weighted by molar-refractivity contribution is 9.10. The quantitative estimate of drug-likeness (QED) is 0.775. The topological polar surface area (TPSA) is 47.6 Å². The van der Waals surface area contributed by atoms with E-state index in [-0.39, 0.29) is 11.3 Å². The van der Waals surface area contributed by atoms with Crippen LogP contribution in [0.15, 0.2) is 53.0 Å². The van der Waals surface area contributed by atoms with Crippen molar-refractivity contribution in [2.75, 3.05) is 26.9 Å². The standard InChI is InChI=1S/C21H24BrNO3/c1-25-19-7-2-4-16(12-19)13-20(24)23-15-21(8-10-26-11-9-21)17-5-3-6-18(22)14-17/h2-7,12,14H,8-11,13,15H2,1H3,(H,23,24). The van der Waals surface area contributed by atoms with E-state index in [1.54, 1.807) is 7.11 Å². The van der Waals surface area contributed by atoms with E-state index in [0.29, 0.717) is 13.0 Å². The number of benzene rings is 2. The van der Waals surface area contributed by atoms with Crippen molar-refractivity contribution < 1.29 is 14.3 Å². The maximum Gasteiger partial charge on any atom is 0.224 e. The van der Waals surface area contributed by atoms with Crippen LogP contribution in [-0.4, -0.2) is 32.8 Å². The van der Waals surface area contributed by atoms with Gasteiger partial charge in [0.25, 0.3) is 0 Å². The maximum absolute atomic E-state index is 12.5. The Morgan fingerprint density at radius 1 is 1.19 bits per heavy atom. The lowest BCUT2D eigenvalue weighted by Gasteiger charge is -2.38. The lowest BCUT2D eigenvalue weighted by atomic mass is 9.74. The summed E-state index contributed by atoms with van der Waals surface area (Å²) in [6.07, 6.45) is 2.16. The van der Waals surface area contributed by atoms with Crippen molar-refractivity contribution in [3.63, 3.8) is 0 Å². The summed E-state index contributed by atoms with van der Waals surface area (Å²) in [6.45, 7) is 2.06. The molecule has 2 aromatic carbocycles. The molecule has 4 nitrogen and oxygen atoms in total. The van der Waals surface area contributed by atoms with Crippen LogP contribution in [0, 0.1) is 0 Å². The summed E-state index contributed by atoms with van der Waals surface area (Å²) in [7, 11) is 1.63. The van der Waals surface area contributed by atoms with E-state index < -0.39 is 0 Å². The number of rotatable bonds is 6. The molecule has 26 heavy (non-hydrogen) atoms. The fraction of sp³-hybridized carbons (Fsp3) is 0.381. The van der Waals surface area contributed by atoms with Crippen LogP contribution < -0.4 is 10.1 Å². The molecule has 0 unspecified atom stereocenters. The number of carbonyl (C=O) groups is 1. The second-order valence-electron chi connectivity index (χ2n) is 6.71. The summed E-state index contributed by atoms with van der Waals surface area (Å²) >= 11 is 3.56. The van der Waals surface area contributed by atoms with Gasteiger partial charge in [-0.15, -0.1) is 0 Å². The minimum atomic E-state index is -0.0773. The van der Waals surface area contributed by atoms with Gasteiger partial charge in [-0.2, -0.15) is 0 Å². The molecule has 5 heteroatoms. The number of halogens is 1. The molecule has 1 amide bonds. The lowest BCUT2D eigenvalue weighted by Crippen LogP contribution is -2.45. The highest BCUT2D eigenvalue weighted by Crippen LogP contribution is 2.35. The van der Waals surface area contributed by atoms with Gasteiger partial charge in [0.15, 0.2) is 0 Å². The number of hydrogen-bond donors (Lipinski definition) is 1. The fourth-order valence-corrected chi connectivity index (χ4v) is 3.85. The molecular formula is C21H24BrNO3. The molecule has 0 saturated carbocycles. The third kappa shape index (κ3) is 4.65. The van der Waals surface area contributed by atoms with Crippen molar-refractivity contribution >= 4 is 21.8 Å². The van der Waals surface area contributed by atoms with Crippen LogP contribution in [0.3, 0.4) is 0 Å². The Hall–Kier alpha value is -1.85. The summed E-state index contributed by atoms with van der Waals surface area (Å²) < 4.78 is 11.9. The normalized spacial score (nSPS) is 16.1. The van der Waals surface area contributed by atoms with Crippen molar-refractivity contribution in [2.24, 2.45) is 0 Å². The first-order valence-corrected chi connectivity index (χ1v) is 9.64. The zero-order valence-electron chi connectivity index (χ0n) is 15.0. The van der Waals surface area contributed by atoms with Crippen LogP contribution in [0.4, 0.5) is 0 Å². The number of hydrogen-bond acceptors (Lipinski definition) is 3. The molecule has 2 aromatic rings. The SMILES string of the molecule is COc1cccc(CC(=O)NCC2(c3cccc(Br)c3)CCOCC2)c1. The van der Waals surface area contributed by atoms with Crippen LogP contribution in [0.5, 0.6) is 5.75 Å². The summed E-state index contributed by atoms with van der Waals surface area (Å²) in [5, 5.41) is 3.15. The smallest absolute Gasteiger partial charge is 0.224 e. The largest absolute Gasteiger partial charge is 0.497 e. The summed E-state index contributed by atoms with van der Waals surface area (Å²) in [4.78, 5) is 12.5. The zero-order chi connectivity index (χ0) is 18.4. The summed E-state index contributed by atoms with van der Waals surface area (Å²) in [5.74, 6) is 0.796. The minimum Gasteiger partial charge on any atom is -0.497 e. The molecular weight excluding hydrogens is 394 g/mol. The van der Waals surface area contributed by atoms with Crippen molar-refractivity contribution in [1.29, 1.82) is 0 Å². The Morgan fingerprint density at radius 2 is 1.96 bits per heavy atom. The molecule has 138 valence electrons. The first-order chi connectivity index (χ1) is 12.6. The predicted octanol–water partition coefficient (Wildman–Crippen LogP) is 3.86. The Kier molecular flexibility index (Phi) is 6.33. The van der Waals surface area contributed by atoms with E-state index in [1.807, 2.05) is 30.3 Å². The van der Waals surface area contributed by atoms with Gasteiger partial charge < -0.3 is 14.8 Å². The van der Waals surface area contributed by atoms with Crippen molar-refractivity contribution in [3.8, 4) is 5.75 Å². The van der Waals surface area contributed by atoms with Crippen LogP contribution in [0.1, 0.15) is 24.0 Å². The third-order valence-electron chi connectivity index (χ3n) is 5.01. The molecule has 0 spiro atoms. The van der Waals surface area contributed by atoms with Gasteiger partial charge in [0, 0.05) is 29.6 Å². The molecule has 1 fully saturated rings. The first kappa shape index (κ1) is 18.9. The van der Waals surface area contributed by atoms with Gasteiger partial charge >= 0.3 is 0 Å². The maximum atomic E-state index is 12.5. The van der Waals surface area contributed by atoms with Crippen molar-refractivity contribution in [1.82, 2.24) is 5.32 Å². The Morgan fingerprint density at radius 3 is 2.69 bits per heavy atom. The van der Waals surface area contributed by atoms with Gasteiger partial charge in [0.2, 0.25) is 5.91 Å². The monoisotopic (exact) mass is 417 g/mol. The highest BCUT2D eigenvalue weighted by atomic mass is 79.9. The molecule has 0 radical (unpaired) electrons. The molecule has 1 N–H and O–H groups in total. The van der Waals surface area contributed by atoms with E-state index in [4.69, 9.17) is 9.47 Å². The average molecular weight is 418 g/mol. The predicted molar refractivity (Wildman–Crippen MR) is 106 cm³/mol. The average Bonchev–Trinajstić information content (AvgIpc) is 2.67. The van der Waals surface area contributed by atoms with E-state index in [0.717, 1.165) is 41.8 Å². The molecule has 1 aliphatic rings. The fourth-order valence-electron chi connectivity index (χ4n) is 3.45. The molecule has 1 aliphatic heterocycles. The number of carbonyl (C=O) groups excluding carboxylic acids is 1. The van der Waals surface area contributed by atoms with Crippen molar-refractivity contribution in [3.05, 3.63) is 64.1 Å². The molecule has 0 bridgehead atoms. The minimum absolute atomic E-state index is 0.0270. The van der Waals surface area contributed by atoms with Gasteiger partial charge in [0.05, 0.1) is 13.5 Å². The number of ether oxygens (including phenoxy) is 2. The molecule has 1 heterocycles. The highest BCUT2D eigenvalue weighted by Gasteiger charge is 2.35. The Labute approximate surface area is 163 Å². The summed E-state index contributed by atoms with van der Waals surface area (Å²) in [6, 6.07) is 16.0. The van der Waals surface area contributed by atoms with E-state index >= 15 is 0 Å². The third-order valence-corrected chi connectivity index (χ3v) is 5.50. The van der Waals surface area contributed by atoms with Gasteiger partial charge in [-0.25, -0.2) is 0 Å². The van der Waals surface area contributed by atoms with Crippen molar-refractivity contribution in [2.45, 2.75) is 24.7 Å². The van der Waals surface area contributed by atoms with Crippen LogP contribution in [0.2, 0.25) is 0 Å². The van der Waals surface area contributed by atoms with Gasteiger partial charge in [0.1, 0.15) is 5.75 Å². The molecule has 0 aromatic heterocycles. The van der Waals surface area contributed by atoms with E-state index in [9.17, 15) is 4.79 Å². The second-order valence-corrected chi connectivity index (χ2v) is 7.62. The van der Waals surface area contributed by atoms with Gasteiger partial charge in [-0.1, -0.05) is 40.2 Å². The van der Waals surface area contributed by atoms with E-state index in [1.165, 1.54) is 5.56 Å². The second kappa shape index (κ2) is 8.69. The number of nitrogens with one attached hydrogen (secondary N) is 1. The molecule has 0 aliphatic carbocycles. The lowest BCUT2D eigenvalue weighted by molar-refractivity contribution is -0.120. The molecule has 1 saturated heterocycles. The Balaban J connectivity index is 1.68. The number of methoxy groups -OCH3 is 1. The van der Waals surface area contributed by atoms with Crippen LogP contribution in [-0.2, 0) is 21.4 Å². The number of amides is 1. The summed E-state index contributed by atoms with van der Waals surface area (Å²) in [5.41, 5.74) is 2.12. The zero-order valence-corrected chi connectivity index (χ0v) is 16.6. The van der Waals surface area contributed by atoms with Gasteiger partial charge in [-0.05, 0) is 48.2 Å². The van der Waals surface area contributed by atoms with E-state index in [2.05, 4.69) is 39.4 Å². The van der Waals surface area contributed by atoms with Crippen LogP contribution >= 0.6 is 15.9 Å². The Bertz CT molecular complexity index is 756. The van der Waals surface area contributed by atoms with Gasteiger partial charge in [-0.3, -0.25) is 4.79 Å². The molecule has 0 atom stereocenters. The first-order valence-electron chi connectivity index (χ1n) is 8.85. The molecule has 3 rings (SSSR count).